The highest BCUT2D eigenvalue weighted by Gasteiger charge is 2.23. The number of hydrogen-bond acceptors (Lipinski definition) is 5. The minimum absolute atomic E-state index is 0.00989. The van der Waals surface area contributed by atoms with Gasteiger partial charge in [0.05, 0.1) is 13.5 Å². The molecule has 29 heavy (non-hydrogen) atoms. The molecule has 0 radical (unpaired) electrons. The molecule has 0 saturated carbocycles. The van der Waals surface area contributed by atoms with Gasteiger partial charge in [-0.2, -0.15) is 0 Å². The van der Waals surface area contributed by atoms with Crippen molar-refractivity contribution in [3.05, 3.63) is 29.8 Å². The number of carbonyl (C=O) groups excluding carboxylic acids is 3. The van der Waals surface area contributed by atoms with E-state index in [-0.39, 0.29) is 24.8 Å². The molecule has 1 fully saturated rings. The average Bonchev–Trinajstić information content (AvgIpc) is 2.91. The SMILES string of the molecule is COc1ccccc1CC(=O)N1CCCN(C(=O)CNC(=O)OC(C)(C)C)CC1. The Hall–Kier alpha value is -2.77. The van der Waals surface area contributed by atoms with Gasteiger partial charge in [0, 0.05) is 31.7 Å². The number of amides is 3. The zero-order valence-corrected chi connectivity index (χ0v) is 17.7. The molecular weight excluding hydrogens is 374 g/mol. The lowest BCUT2D eigenvalue weighted by atomic mass is 10.1. The summed E-state index contributed by atoms with van der Waals surface area (Å²) in [5.41, 5.74) is 0.233. The van der Waals surface area contributed by atoms with Crippen LogP contribution >= 0.6 is 0 Å². The quantitative estimate of drug-likeness (QED) is 0.807. The maximum absolute atomic E-state index is 12.7. The number of benzene rings is 1. The Kier molecular flexibility index (Phi) is 7.87. The first-order valence-electron chi connectivity index (χ1n) is 9.84. The van der Waals surface area contributed by atoms with Crippen molar-refractivity contribution in [3.63, 3.8) is 0 Å². The maximum Gasteiger partial charge on any atom is 0.408 e. The van der Waals surface area contributed by atoms with Crippen LogP contribution in [-0.4, -0.2) is 73.1 Å². The number of nitrogens with zero attached hydrogens (tertiary/aromatic N) is 2. The highest BCUT2D eigenvalue weighted by molar-refractivity contribution is 5.83. The van der Waals surface area contributed by atoms with Gasteiger partial charge in [-0.3, -0.25) is 9.59 Å². The molecule has 160 valence electrons. The van der Waals surface area contributed by atoms with E-state index < -0.39 is 11.7 Å². The first-order chi connectivity index (χ1) is 13.7. The Balaban J connectivity index is 1.84. The van der Waals surface area contributed by atoms with E-state index in [0.717, 1.165) is 5.56 Å². The minimum Gasteiger partial charge on any atom is -0.496 e. The predicted molar refractivity (Wildman–Crippen MR) is 109 cm³/mol. The van der Waals surface area contributed by atoms with Crippen LogP contribution in [0.15, 0.2) is 24.3 Å². The fraction of sp³-hybridized carbons (Fsp3) is 0.571. The Bertz CT molecular complexity index is 729. The van der Waals surface area contributed by atoms with Gasteiger partial charge < -0.3 is 24.6 Å². The van der Waals surface area contributed by atoms with Crippen LogP contribution in [0.5, 0.6) is 5.75 Å². The van der Waals surface area contributed by atoms with Gasteiger partial charge in [-0.05, 0) is 33.3 Å². The van der Waals surface area contributed by atoms with Crippen molar-refractivity contribution in [2.45, 2.75) is 39.2 Å². The zero-order chi connectivity index (χ0) is 21.4. The summed E-state index contributed by atoms with van der Waals surface area (Å²) in [6, 6.07) is 7.47. The van der Waals surface area contributed by atoms with E-state index in [2.05, 4.69) is 5.32 Å². The molecule has 1 heterocycles. The second kappa shape index (κ2) is 10.1. The van der Waals surface area contributed by atoms with Crippen LogP contribution in [0.3, 0.4) is 0 Å². The molecule has 3 amide bonds. The monoisotopic (exact) mass is 405 g/mol. The third-order valence-corrected chi connectivity index (χ3v) is 4.52. The fourth-order valence-corrected chi connectivity index (χ4v) is 3.11. The van der Waals surface area contributed by atoms with Gasteiger partial charge in [-0.1, -0.05) is 18.2 Å². The third kappa shape index (κ3) is 7.29. The number of hydrogen-bond donors (Lipinski definition) is 1. The summed E-state index contributed by atoms with van der Waals surface area (Å²) in [6.07, 6.45) is 0.336. The standard InChI is InChI=1S/C21H31N3O5/c1-21(2,3)29-20(27)22-15-19(26)24-11-7-10-23(12-13-24)18(25)14-16-8-5-6-9-17(16)28-4/h5-6,8-9H,7,10-15H2,1-4H3,(H,22,27). The molecule has 0 bridgehead atoms. The Morgan fingerprint density at radius 1 is 1.00 bits per heavy atom. The lowest BCUT2D eigenvalue weighted by molar-refractivity contribution is -0.132. The number of rotatable bonds is 5. The minimum atomic E-state index is -0.616. The molecule has 0 aromatic heterocycles. The van der Waals surface area contributed by atoms with Crippen molar-refractivity contribution in [1.82, 2.24) is 15.1 Å². The smallest absolute Gasteiger partial charge is 0.408 e. The fourth-order valence-electron chi connectivity index (χ4n) is 3.11. The number of carbonyl (C=O) groups is 3. The Morgan fingerprint density at radius 3 is 2.24 bits per heavy atom. The predicted octanol–water partition coefficient (Wildman–Crippen LogP) is 1.82. The molecule has 8 nitrogen and oxygen atoms in total. The van der Waals surface area contributed by atoms with Crippen molar-refractivity contribution in [2.75, 3.05) is 39.8 Å². The number of alkyl carbamates (subject to hydrolysis) is 1. The average molecular weight is 405 g/mol. The summed E-state index contributed by atoms with van der Waals surface area (Å²) < 4.78 is 10.5. The van der Waals surface area contributed by atoms with E-state index in [9.17, 15) is 14.4 Å². The second-order valence-corrected chi connectivity index (χ2v) is 7.96. The lowest BCUT2D eigenvalue weighted by Gasteiger charge is -2.23. The van der Waals surface area contributed by atoms with E-state index in [1.165, 1.54) is 0 Å². The molecule has 1 aromatic carbocycles. The van der Waals surface area contributed by atoms with Gasteiger partial charge in [0.25, 0.3) is 0 Å². The largest absolute Gasteiger partial charge is 0.496 e. The number of ether oxygens (including phenoxy) is 2. The van der Waals surface area contributed by atoms with Gasteiger partial charge in [-0.25, -0.2) is 4.79 Å². The van der Waals surface area contributed by atoms with Gasteiger partial charge in [-0.15, -0.1) is 0 Å². The van der Waals surface area contributed by atoms with Crippen molar-refractivity contribution >= 4 is 17.9 Å². The van der Waals surface area contributed by atoms with Crippen LogP contribution in [0.25, 0.3) is 0 Å². The summed E-state index contributed by atoms with van der Waals surface area (Å²) in [5, 5.41) is 2.49. The summed E-state index contributed by atoms with van der Waals surface area (Å²) in [4.78, 5) is 40.3. The third-order valence-electron chi connectivity index (χ3n) is 4.52. The lowest BCUT2D eigenvalue weighted by Crippen LogP contribution is -2.43. The van der Waals surface area contributed by atoms with Crippen LogP contribution in [0.4, 0.5) is 4.79 Å². The molecule has 1 saturated heterocycles. The van der Waals surface area contributed by atoms with Gasteiger partial charge in [0.15, 0.2) is 0 Å². The molecule has 0 spiro atoms. The Labute approximate surface area is 172 Å². The number of para-hydroxylation sites is 1. The van der Waals surface area contributed by atoms with Gasteiger partial charge in [0.2, 0.25) is 11.8 Å². The molecule has 0 atom stereocenters. The van der Waals surface area contributed by atoms with E-state index in [0.29, 0.717) is 38.3 Å². The molecule has 0 unspecified atom stereocenters. The summed E-state index contributed by atoms with van der Waals surface area (Å²) in [7, 11) is 1.59. The van der Waals surface area contributed by atoms with Crippen LogP contribution < -0.4 is 10.1 Å². The van der Waals surface area contributed by atoms with Crippen molar-refractivity contribution < 1.29 is 23.9 Å². The summed E-state index contributed by atoms with van der Waals surface area (Å²) in [5.74, 6) is 0.520. The van der Waals surface area contributed by atoms with Crippen molar-refractivity contribution in [1.29, 1.82) is 0 Å². The Morgan fingerprint density at radius 2 is 1.62 bits per heavy atom. The van der Waals surface area contributed by atoms with E-state index >= 15 is 0 Å². The second-order valence-electron chi connectivity index (χ2n) is 7.96. The first kappa shape index (κ1) is 22.5. The van der Waals surface area contributed by atoms with E-state index in [1.54, 1.807) is 37.7 Å². The van der Waals surface area contributed by atoms with Gasteiger partial charge >= 0.3 is 6.09 Å². The molecule has 1 aromatic rings. The molecule has 8 heteroatoms. The van der Waals surface area contributed by atoms with Crippen LogP contribution in [-0.2, 0) is 20.7 Å². The van der Waals surface area contributed by atoms with Crippen LogP contribution in [0, 0.1) is 0 Å². The molecule has 1 aliphatic rings. The van der Waals surface area contributed by atoms with Crippen molar-refractivity contribution in [3.8, 4) is 5.75 Å². The number of nitrogens with one attached hydrogen (secondary N) is 1. The summed E-state index contributed by atoms with van der Waals surface area (Å²) in [6.45, 7) is 7.22. The first-order valence-corrected chi connectivity index (χ1v) is 9.84. The maximum atomic E-state index is 12.7. The molecule has 1 aliphatic heterocycles. The molecular formula is C21H31N3O5. The summed E-state index contributed by atoms with van der Waals surface area (Å²) >= 11 is 0. The normalized spacial score (nSPS) is 14.8. The molecule has 0 aliphatic carbocycles. The zero-order valence-electron chi connectivity index (χ0n) is 17.7. The van der Waals surface area contributed by atoms with Crippen LogP contribution in [0.1, 0.15) is 32.8 Å². The van der Waals surface area contributed by atoms with Gasteiger partial charge in [0.1, 0.15) is 17.9 Å². The topological polar surface area (TPSA) is 88.2 Å². The molecule has 2 rings (SSSR count). The highest BCUT2D eigenvalue weighted by atomic mass is 16.6. The van der Waals surface area contributed by atoms with Crippen molar-refractivity contribution in [2.24, 2.45) is 0 Å². The number of methoxy groups -OCH3 is 1. The van der Waals surface area contributed by atoms with E-state index in [4.69, 9.17) is 9.47 Å². The highest BCUT2D eigenvalue weighted by Crippen LogP contribution is 2.19. The van der Waals surface area contributed by atoms with E-state index in [1.807, 2.05) is 24.3 Å². The molecule has 1 N–H and O–H groups in total. The van der Waals surface area contributed by atoms with Crippen LogP contribution in [0.2, 0.25) is 0 Å².